The molecule has 10 aromatic rings. The molecule has 0 amide bonds. The number of thiophene rings is 1. The largest absolute Gasteiger partial charge is 0.455 e. The summed E-state index contributed by atoms with van der Waals surface area (Å²) in [5.74, 6) is 1.79. The van der Waals surface area contributed by atoms with E-state index in [1.165, 1.54) is 20.2 Å². The summed E-state index contributed by atoms with van der Waals surface area (Å²) < 4.78 is 8.94. The minimum absolute atomic E-state index is 0.567. The lowest BCUT2D eigenvalue weighted by atomic mass is 9.94. The van der Waals surface area contributed by atoms with E-state index >= 15 is 0 Å². The van der Waals surface area contributed by atoms with Gasteiger partial charge in [0.05, 0.1) is 5.56 Å². The van der Waals surface area contributed by atoms with Crippen molar-refractivity contribution in [2.75, 3.05) is 0 Å². The summed E-state index contributed by atoms with van der Waals surface area (Å²) in [5, 5.41) is 4.60. The molecule has 3 aromatic heterocycles. The van der Waals surface area contributed by atoms with E-state index in [2.05, 4.69) is 127 Å². The second-order valence-corrected chi connectivity index (χ2v) is 13.5. The number of hydrogen-bond acceptors (Lipinski definition) is 5. The first-order chi connectivity index (χ1) is 24.8. The third-order valence-corrected chi connectivity index (χ3v) is 10.5. The van der Waals surface area contributed by atoms with E-state index in [-0.39, 0.29) is 0 Å². The maximum atomic E-state index is 6.48. The summed E-state index contributed by atoms with van der Waals surface area (Å²) in [7, 11) is 0. The first kappa shape index (κ1) is 28.6. The van der Waals surface area contributed by atoms with Crippen molar-refractivity contribution in [2.45, 2.75) is 0 Å². The van der Waals surface area contributed by atoms with Crippen LogP contribution in [-0.2, 0) is 0 Å². The van der Waals surface area contributed by atoms with E-state index in [9.17, 15) is 0 Å². The molecule has 0 saturated carbocycles. The standard InChI is InChI=1S/C45H27N3OS/c1-3-12-28(13-4-1)30-22-25-36(38(26-30)29-14-5-2-6-15-29)44-46-43(31-23-24-34-33-17-8-10-21-40(33)50-41(34)27-31)47-45(48-44)37-19-11-18-35-32-16-7-9-20-39(32)49-42(35)37/h1-27H. The summed E-state index contributed by atoms with van der Waals surface area (Å²) in [5.41, 5.74) is 8.72. The van der Waals surface area contributed by atoms with E-state index in [1.807, 2.05) is 36.4 Å². The molecule has 0 saturated heterocycles. The zero-order valence-electron chi connectivity index (χ0n) is 26.7. The number of fused-ring (bicyclic) bond motifs is 6. The van der Waals surface area contributed by atoms with Gasteiger partial charge in [-0.3, -0.25) is 0 Å². The molecule has 0 aliphatic heterocycles. The van der Waals surface area contributed by atoms with Crippen molar-refractivity contribution in [1.82, 2.24) is 15.0 Å². The van der Waals surface area contributed by atoms with Crippen molar-refractivity contribution in [1.29, 1.82) is 0 Å². The van der Waals surface area contributed by atoms with Crippen LogP contribution in [0.25, 0.3) is 98.5 Å². The van der Waals surface area contributed by atoms with Gasteiger partial charge in [-0.15, -0.1) is 11.3 Å². The van der Waals surface area contributed by atoms with Crippen LogP contribution in [0.5, 0.6) is 0 Å². The molecule has 0 spiro atoms. The predicted octanol–water partition coefficient (Wildman–Crippen LogP) is 12.5. The number of hydrogen-bond donors (Lipinski definition) is 0. The van der Waals surface area contributed by atoms with Crippen LogP contribution in [0.15, 0.2) is 168 Å². The molecule has 7 aromatic carbocycles. The van der Waals surface area contributed by atoms with E-state index in [0.29, 0.717) is 17.5 Å². The molecule has 0 atom stereocenters. The quantitative estimate of drug-likeness (QED) is 0.185. The lowest BCUT2D eigenvalue weighted by Gasteiger charge is -2.14. The Morgan fingerprint density at radius 2 is 1.00 bits per heavy atom. The summed E-state index contributed by atoms with van der Waals surface area (Å²) >= 11 is 1.79. The van der Waals surface area contributed by atoms with Gasteiger partial charge in [0.15, 0.2) is 17.5 Å². The van der Waals surface area contributed by atoms with E-state index in [1.54, 1.807) is 11.3 Å². The highest BCUT2D eigenvalue weighted by Crippen LogP contribution is 2.40. The van der Waals surface area contributed by atoms with Crippen molar-refractivity contribution >= 4 is 53.4 Å². The Balaban J connectivity index is 1.23. The van der Waals surface area contributed by atoms with Gasteiger partial charge in [0, 0.05) is 42.1 Å². The van der Waals surface area contributed by atoms with Crippen molar-refractivity contribution in [3.05, 3.63) is 164 Å². The highest BCUT2D eigenvalue weighted by atomic mass is 32.1. The second kappa shape index (κ2) is 11.6. The Bertz CT molecular complexity index is 2870. The number of rotatable bonds is 5. The molecule has 0 N–H and O–H groups in total. The van der Waals surface area contributed by atoms with Crippen LogP contribution in [0, 0.1) is 0 Å². The van der Waals surface area contributed by atoms with Crippen LogP contribution in [-0.4, -0.2) is 15.0 Å². The summed E-state index contributed by atoms with van der Waals surface area (Å²) in [6.45, 7) is 0. The fraction of sp³-hybridized carbons (Fsp3) is 0. The lowest BCUT2D eigenvalue weighted by Crippen LogP contribution is -2.01. The monoisotopic (exact) mass is 657 g/mol. The fourth-order valence-electron chi connectivity index (χ4n) is 6.94. The Labute approximate surface area is 292 Å². The van der Waals surface area contributed by atoms with Crippen LogP contribution >= 0.6 is 11.3 Å². The SMILES string of the molecule is c1ccc(-c2ccc(-c3nc(-c4ccc5c(c4)sc4ccccc45)nc(-c4cccc5c4oc4ccccc45)n3)c(-c3ccccc3)c2)cc1. The molecule has 5 heteroatoms. The third kappa shape index (κ3) is 4.79. The predicted molar refractivity (Wildman–Crippen MR) is 207 cm³/mol. The molecular weight excluding hydrogens is 631 g/mol. The van der Waals surface area contributed by atoms with E-state index in [0.717, 1.165) is 60.9 Å². The van der Waals surface area contributed by atoms with Gasteiger partial charge in [0.1, 0.15) is 11.2 Å². The molecule has 0 fully saturated rings. The number of benzene rings is 7. The molecule has 0 aliphatic carbocycles. The first-order valence-electron chi connectivity index (χ1n) is 16.6. The molecule has 0 radical (unpaired) electrons. The van der Waals surface area contributed by atoms with Gasteiger partial charge in [-0.2, -0.15) is 0 Å². The first-order valence-corrected chi connectivity index (χ1v) is 17.4. The summed E-state index contributed by atoms with van der Waals surface area (Å²) in [6, 6.07) is 56.9. The molecule has 0 bridgehead atoms. The molecule has 0 unspecified atom stereocenters. The average Bonchev–Trinajstić information content (AvgIpc) is 3.76. The molecule has 0 aliphatic rings. The number of para-hydroxylation sites is 2. The average molecular weight is 658 g/mol. The zero-order chi connectivity index (χ0) is 33.0. The van der Waals surface area contributed by atoms with Crippen LogP contribution < -0.4 is 0 Å². The highest BCUT2D eigenvalue weighted by molar-refractivity contribution is 7.25. The van der Waals surface area contributed by atoms with Crippen LogP contribution in [0.2, 0.25) is 0 Å². The minimum atomic E-state index is 0.567. The van der Waals surface area contributed by atoms with Crippen molar-refractivity contribution in [3.8, 4) is 56.4 Å². The summed E-state index contributed by atoms with van der Waals surface area (Å²) in [4.78, 5) is 15.6. The topological polar surface area (TPSA) is 51.8 Å². The highest BCUT2D eigenvalue weighted by Gasteiger charge is 2.20. The minimum Gasteiger partial charge on any atom is -0.455 e. The normalized spacial score (nSPS) is 11.6. The van der Waals surface area contributed by atoms with Gasteiger partial charge < -0.3 is 4.42 Å². The van der Waals surface area contributed by atoms with Gasteiger partial charge in [0.25, 0.3) is 0 Å². The van der Waals surface area contributed by atoms with Crippen LogP contribution in [0.3, 0.4) is 0 Å². The van der Waals surface area contributed by atoms with E-state index in [4.69, 9.17) is 19.4 Å². The fourth-order valence-corrected chi connectivity index (χ4v) is 8.09. The Morgan fingerprint density at radius 1 is 0.360 bits per heavy atom. The molecule has 50 heavy (non-hydrogen) atoms. The van der Waals surface area contributed by atoms with Gasteiger partial charge >= 0.3 is 0 Å². The number of furan rings is 1. The van der Waals surface area contributed by atoms with Gasteiger partial charge in [-0.1, -0.05) is 127 Å². The lowest BCUT2D eigenvalue weighted by molar-refractivity contribution is 0.669. The Kier molecular flexibility index (Phi) is 6.64. The maximum Gasteiger partial charge on any atom is 0.167 e. The van der Waals surface area contributed by atoms with E-state index < -0.39 is 0 Å². The smallest absolute Gasteiger partial charge is 0.167 e. The second-order valence-electron chi connectivity index (χ2n) is 12.4. The molecular formula is C45H27N3OS. The molecule has 4 nitrogen and oxygen atoms in total. The Morgan fingerprint density at radius 3 is 1.84 bits per heavy atom. The molecule has 3 heterocycles. The van der Waals surface area contributed by atoms with Gasteiger partial charge in [-0.05, 0) is 58.7 Å². The Hall–Kier alpha value is -6.43. The molecule has 234 valence electrons. The third-order valence-electron chi connectivity index (χ3n) is 9.37. The number of nitrogens with zero attached hydrogens (tertiary/aromatic N) is 3. The van der Waals surface area contributed by atoms with Crippen molar-refractivity contribution < 1.29 is 4.42 Å². The van der Waals surface area contributed by atoms with Crippen LogP contribution in [0.4, 0.5) is 0 Å². The maximum absolute atomic E-state index is 6.48. The summed E-state index contributed by atoms with van der Waals surface area (Å²) in [6.07, 6.45) is 0. The van der Waals surface area contributed by atoms with Crippen molar-refractivity contribution in [3.63, 3.8) is 0 Å². The zero-order valence-corrected chi connectivity index (χ0v) is 27.6. The van der Waals surface area contributed by atoms with Crippen molar-refractivity contribution in [2.24, 2.45) is 0 Å². The van der Waals surface area contributed by atoms with Gasteiger partial charge in [0.2, 0.25) is 0 Å². The number of aromatic nitrogens is 3. The molecule has 10 rings (SSSR count). The van der Waals surface area contributed by atoms with Crippen LogP contribution in [0.1, 0.15) is 0 Å². The van der Waals surface area contributed by atoms with Gasteiger partial charge in [-0.25, -0.2) is 15.0 Å².